The third kappa shape index (κ3) is 9.28. The normalized spacial score (nSPS) is 11.6. The fourth-order valence-electron chi connectivity index (χ4n) is 4.71. The molecule has 0 aliphatic heterocycles. The number of thioether (sulfide) groups is 1. The van der Waals surface area contributed by atoms with Crippen LogP contribution in [0.4, 0.5) is 15.8 Å². The van der Waals surface area contributed by atoms with E-state index in [9.17, 15) is 18.8 Å². The molecule has 11 heteroatoms. The SMILES string of the molecule is COc1cc(NC(=O)C(Sc2cccc(NC(=O)/C(=C\c3c(F)cccc3Cl)NC(=O)c3ccccc3)c2)c2ccccc2)cc(OC)c1. The lowest BCUT2D eigenvalue weighted by molar-refractivity contribution is -0.116. The summed E-state index contributed by atoms with van der Waals surface area (Å²) in [4.78, 5) is 41.1. The van der Waals surface area contributed by atoms with Gasteiger partial charge >= 0.3 is 0 Å². The predicted octanol–water partition coefficient (Wildman–Crippen LogP) is 8.38. The highest BCUT2D eigenvalue weighted by Gasteiger charge is 2.23. The predicted molar refractivity (Wildman–Crippen MR) is 192 cm³/mol. The van der Waals surface area contributed by atoms with Gasteiger partial charge in [-0.25, -0.2) is 4.39 Å². The van der Waals surface area contributed by atoms with Crippen LogP contribution >= 0.6 is 23.4 Å². The van der Waals surface area contributed by atoms with Gasteiger partial charge in [0.15, 0.2) is 0 Å². The van der Waals surface area contributed by atoms with Gasteiger partial charge in [0.05, 0.1) is 19.2 Å². The van der Waals surface area contributed by atoms with Crippen molar-refractivity contribution in [2.24, 2.45) is 0 Å². The van der Waals surface area contributed by atoms with Crippen molar-refractivity contribution in [3.05, 3.63) is 155 Å². The lowest BCUT2D eigenvalue weighted by atomic mass is 10.1. The van der Waals surface area contributed by atoms with Gasteiger partial charge in [-0.05, 0) is 54.1 Å². The molecule has 3 amide bonds. The Labute approximate surface area is 292 Å². The highest BCUT2D eigenvalue weighted by molar-refractivity contribution is 8.00. The number of carbonyl (C=O) groups is 3. The van der Waals surface area contributed by atoms with Crippen LogP contribution in [0.15, 0.2) is 132 Å². The van der Waals surface area contributed by atoms with Crippen LogP contribution in [-0.4, -0.2) is 31.9 Å². The summed E-state index contributed by atoms with van der Waals surface area (Å²) < 4.78 is 25.4. The first-order valence-corrected chi connectivity index (χ1v) is 16.2. The molecule has 0 aliphatic carbocycles. The molecule has 5 aromatic carbocycles. The topological polar surface area (TPSA) is 106 Å². The molecule has 5 rings (SSSR count). The molecule has 248 valence electrons. The molecule has 3 N–H and O–H groups in total. The Morgan fingerprint density at radius 2 is 1.41 bits per heavy atom. The van der Waals surface area contributed by atoms with Crippen molar-refractivity contribution in [1.29, 1.82) is 0 Å². The van der Waals surface area contributed by atoms with E-state index in [1.54, 1.807) is 66.7 Å². The van der Waals surface area contributed by atoms with Crippen LogP contribution in [0, 0.1) is 5.82 Å². The van der Waals surface area contributed by atoms with Crippen LogP contribution in [0.1, 0.15) is 26.7 Å². The molecule has 0 radical (unpaired) electrons. The molecule has 0 bridgehead atoms. The summed E-state index contributed by atoms with van der Waals surface area (Å²) in [6.07, 6.45) is 1.19. The average Bonchev–Trinajstić information content (AvgIpc) is 3.12. The van der Waals surface area contributed by atoms with Gasteiger partial charge in [-0.2, -0.15) is 0 Å². The number of nitrogens with one attached hydrogen (secondary N) is 3. The molecule has 8 nitrogen and oxygen atoms in total. The highest BCUT2D eigenvalue weighted by atomic mass is 35.5. The number of methoxy groups -OCH3 is 2. The van der Waals surface area contributed by atoms with E-state index in [0.29, 0.717) is 33.3 Å². The van der Waals surface area contributed by atoms with Crippen LogP contribution in [-0.2, 0) is 9.59 Å². The van der Waals surface area contributed by atoms with Crippen LogP contribution in [0.3, 0.4) is 0 Å². The number of hydrogen-bond donors (Lipinski definition) is 3. The van der Waals surface area contributed by atoms with Gasteiger partial charge in [0, 0.05) is 45.6 Å². The van der Waals surface area contributed by atoms with E-state index in [1.165, 1.54) is 50.3 Å². The molecule has 0 aliphatic rings. The summed E-state index contributed by atoms with van der Waals surface area (Å²) in [5.74, 6) is -1.20. The summed E-state index contributed by atoms with van der Waals surface area (Å²) in [5.41, 5.74) is 1.64. The largest absolute Gasteiger partial charge is 0.497 e. The zero-order chi connectivity index (χ0) is 34.8. The first kappa shape index (κ1) is 34.7. The van der Waals surface area contributed by atoms with Crippen molar-refractivity contribution in [1.82, 2.24) is 5.32 Å². The molecular weight excluding hydrogens is 665 g/mol. The summed E-state index contributed by atoms with van der Waals surface area (Å²) in [5, 5.41) is 7.70. The van der Waals surface area contributed by atoms with Crippen LogP contribution in [0.2, 0.25) is 5.02 Å². The second kappa shape index (κ2) is 16.5. The van der Waals surface area contributed by atoms with Gasteiger partial charge < -0.3 is 25.4 Å². The molecule has 1 unspecified atom stereocenters. The molecule has 1 atom stereocenters. The van der Waals surface area contributed by atoms with Crippen molar-refractivity contribution < 1.29 is 28.2 Å². The maximum absolute atomic E-state index is 14.7. The maximum atomic E-state index is 14.7. The van der Waals surface area contributed by atoms with Crippen LogP contribution in [0.5, 0.6) is 11.5 Å². The van der Waals surface area contributed by atoms with Crippen molar-refractivity contribution in [2.45, 2.75) is 10.1 Å². The Morgan fingerprint density at radius 3 is 2.06 bits per heavy atom. The summed E-state index contributed by atoms with van der Waals surface area (Å²) in [7, 11) is 3.06. The van der Waals surface area contributed by atoms with Crippen molar-refractivity contribution >= 4 is 58.5 Å². The maximum Gasteiger partial charge on any atom is 0.272 e. The van der Waals surface area contributed by atoms with Gasteiger partial charge in [-0.3, -0.25) is 14.4 Å². The third-order valence-corrected chi connectivity index (χ3v) is 8.70. The minimum atomic E-state index is -0.713. The first-order chi connectivity index (χ1) is 23.7. The van der Waals surface area contributed by atoms with Gasteiger partial charge in [0.25, 0.3) is 11.8 Å². The fraction of sp³-hybridized carbons (Fsp3) is 0.0789. The number of amides is 3. The minimum absolute atomic E-state index is 0.0580. The molecule has 0 saturated carbocycles. The van der Waals surface area contributed by atoms with E-state index in [1.807, 2.05) is 36.4 Å². The fourth-order valence-corrected chi connectivity index (χ4v) is 6.01. The lowest BCUT2D eigenvalue weighted by Gasteiger charge is -2.18. The van der Waals surface area contributed by atoms with E-state index in [-0.39, 0.29) is 22.2 Å². The van der Waals surface area contributed by atoms with Crippen molar-refractivity contribution in [3.8, 4) is 11.5 Å². The summed E-state index contributed by atoms with van der Waals surface area (Å²) in [6.45, 7) is 0. The van der Waals surface area contributed by atoms with E-state index in [0.717, 1.165) is 5.56 Å². The second-order valence-corrected chi connectivity index (χ2v) is 12.1. The Kier molecular flexibility index (Phi) is 11.7. The molecule has 0 spiro atoms. The molecular formula is C38H31ClFN3O5S. The number of carbonyl (C=O) groups excluding carboxylic acids is 3. The van der Waals surface area contributed by atoms with Crippen LogP contribution in [0.25, 0.3) is 6.08 Å². The van der Waals surface area contributed by atoms with Gasteiger partial charge in [-0.15, -0.1) is 11.8 Å². The number of rotatable bonds is 12. The third-order valence-electron chi connectivity index (χ3n) is 7.12. The zero-order valence-electron chi connectivity index (χ0n) is 26.4. The Hall–Kier alpha value is -5.58. The Balaban J connectivity index is 1.40. The molecule has 0 fully saturated rings. The monoisotopic (exact) mass is 695 g/mol. The quantitative estimate of drug-likeness (QED) is 0.0895. The molecule has 0 heterocycles. The van der Waals surface area contributed by atoms with Crippen LogP contribution < -0.4 is 25.4 Å². The second-order valence-electron chi connectivity index (χ2n) is 10.5. The number of halogens is 2. The molecule has 0 saturated heterocycles. The summed E-state index contributed by atoms with van der Waals surface area (Å²) in [6, 6.07) is 33.7. The van der Waals surface area contributed by atoms with E-state index in [2.05, 4.69) is 16.0 Å². The number of benzene rings is 5. The Bertz CT molecular complexity index is 1950. The van der Waals surface area contributed by atoms with E-state index >= 15 is 0 Å². The number of ether oxygens (including phenoxy) is 2. The highest BCUT2D eigenvalue weighted by Crippen LogP contribution is 2.38. The standard InChI is InChI=1S/C38H31ClFN3O5S/c1-47-28-19-27(20-29(22-28)48-2)42-38(46)35(24-11-5-3-6-12-24)49-30-16-9-15-26(21-30)41-37(45)34(23-31-32(39)17-10-18-33(31)40)43-36(44)25-13-7-4-8-14-25/h3-23,35H,1-2H3,(H,41,45)(H,42,46)(H,43,44)/b34-23+. The van der Waals surface area contributed by atoms with Crippen molar-refractivity contribution in [3.63, 3.8) is 0 Å². The van der Waals surface area contributed by atoms with E-state index in [4.69, 9.17) is 21.1 Å². The van der Waals surface area contributed by atoms with Gasteiger partial charge in [0.2, 0.25) is 5.91 Å². The molecule has 5 aromatic rings. The smallest absolute Gasteiger partial charge is 0.272 e. The average molecular weight is 696 g/mol. The summed E-state index contributed by atoms with van der Waals surface area (Å²) >= 11 is 7.52. The van der Waals surface area contributed by atoms with Crippen molar-refractivity contribution in [2.75, 3.05) is 24.9 Å². The first-order valence-electron chi connectivity index (χ1n) is 14.9. The number of anilines is 2. The zero-order valence-corrected chi connectivity index (χ0v) is 28.0. The van der Waals surface area contributed by atoms with E-state index < -0.39 is 22.9 Å². The van der Waals surface area contributed by atoms with Gasteiger partial charge in [0.1, 0.15) is 28.3 Å². The lowest BCUT2D eigenvalue weighted by Crippen LogP contribution is -2.30. The Morgan fingerprint density at radius 1 is 0.755 bits per heavy atom. The van der Waals surface area contributed by atoms with Gasteiger partial charge in [-0.1, -0.05) is 72.3 Å². The number of hydrogen-bond acceptors (Lipinski definition) is 6. The molecule has 0 aromatic heterocycles. The molecule has 49 heavy (non-hydrogen) atoms. The minimum Gasteiger partial charge on any atom is -0.497 e.